The molecule has 1 aromatic heterocycles. The van der Waals surface area contributed by atoms with Gasteiger partial charge in [0, 0.05) is 18.4 Å². The summed E-state index contributed by atoms with van der Waals surface area (Å²) in [7, 11) is -3.70. The number of carbonyl (C=O) groups is 1. The summed E-state index contributed by atoms with van der Waals surface area (Å²) < 4.78 is 33.9. The molecule has 1 fully saturated rings. The monoisotopic (exact) mass is 447 g/mol. The van der Waals surface area contributed by atoms with Crippen molar-refractivity contribution in [3.05, 3.63) is 59.9 Å². The van der Waals surface area contributed by atoms with Crippen LogP contribution < -0.4 is 10.0 Å². The molecule has 1 saturated heterocycles. The molecule has 1 amide bonds. The largest absolute Gasteiger partial charge is 0.394 e. The first-order valence-corrected chi connectivity index (χ1v) is 11.9. The number of aromatic nitrogens is 1. The first kappa shape index (κ1) is 23.3. The van der Waals surface area contributed by atoms with Crippen LogP contribution in [0.2, 0.25) is 0 Å². The van der Waals surface area contributed by atoms with Crippen molar-refractivity contribution < 1.29 is 23.1 Å². The van der Waals surface area contributed by atoms with Gasteiger partial charge >= 0.3 is 0 Å². The fourth-order valence-electron chi connectivity index (χ4n) is 3.57. The Hall–Kier alpha value is -2.33. The van der Waals surface area contributed by atoms with Crippen molar-refractivity contribution in [2.24, 2.45) is 0 Å². The number of sulfonamides is 1. The summed E-state index contributed by atoms with van der Waals surface area (Å²) >= 11 is 0. The van der Waals surface area contributed by atoms with Gasteiger partial charge in [-0.2, -0.15) is 0 Å². The molecule has 1 aromatic carbocycles. The van der Waals surface area contributed by atoms with Gasteiger partial charge in [0.2, 0.25) is 15.9 Å². The van der Waals surface area contributed by atoms with Crippen molar-refractivity contribution in [2.45, 2.75) is 55.8 Å². The topological polar surface area (TPSA) is 118 Å². The summed E-state index contributed by atoms with van der Waals surface area (Å²) in [5.74, 6) is -0.114. The van der Waals surface area contributed by atoms with Crippen molar-refractivity contribution in [3.8, 4) is 0 Å². The van der Waals surface area contributed by atoms with Crippen LogP contribution in [0.15, 0.2) is 53.6 Å². The van der Waals surface area contributed by atoms with Gasteiger partial charge in [-0.3, -0.25) is 9.78 Å². The SMILES string of the molecule is Cc1ccc(S(=O)(=O)N[C@@H]2CC[C@@H](CCNC(=O)Cc3ccccn3)O[C@H]2CO)cc1. The predicted molar refractivity (Wildman–Crippen MR) is 116 cm³/mol. The number of amides is 1. The van der Waals surface area contributed by atoms with Gasteiger partial charge in [-0.15, -0.1) is 0 Å². The third-order valence-electron chi connectivity index (χ3n) is 5.29. The van der Waals surface area contributed by atoms with E-state index in [0.29, 0.717) is 31.5 Å². The van der Waals surface area contributed by atoms with Crippen LogP contribution >= 0.6 is 0 Å². The van der Waals surface area contributed by atoms with Crippen LogP contribution in [0.3, 0.4) is 0 Å². The molecule has 1 aliphatic heterocycles. The maximum absolute atomic E-state index is 12.7. The Morgan fingerprint density at radius 3 is 2.65 bits per heavy atom. The van der Waals surface area contributed by atoms with Gasteiger partial charge in [0.25, 0.3) is 0 Å². The van der Waals surface area contributed by atoms with E-state index in [1.165, 1.54) is 0 Å². The normalized spacial score (nSPS) is 21.5. The van der Waals surface area contributed by atoms with Crippen molar-refractivity contribution in [2.75, 3.05) is 13.2 Å². The first-order chi connectivity index (χ1) is 14.9. The van der Waals surface area contributed by atoms with Crippen molar-refractivity contribution in [1.29, 1.82) is 0 Å². The van der Waals surface area contributed by atoms with Crippen molar-refractivity contribution >= 4 is 15.9 Å². The second-order valence-corrected chi connectivity index (χ2v) is 9.45. The first-order valence-electron chi connectivity index (χ1n) is 10.4. The van der Waals surface area contributed by atoms with Crippen LogP contribution in [0.25, 0.3) is 0 Å². The Morgan fingerprint density at radius 2 is 1.97 bits per heavy atom. The zero-order chi connectivity index (χ0) is 22.3. The molecule has 0 saturated carbocycles. The van der Waals surface area contributed by atoms with Crippen LogP contribution in [0, 0.1) is 6.92 Å². The number of aliphatic hydroxyl groups is 1. The number of ether oxygens (including phenoxy) is 1. The minimum atomic E-state index is -3.70. The lowest BCUT2D eigenvalue weighted by molar-refractivity contribution is -0.121. The third kappa shape index (κ3) is 6.83. The quantitative estimate of drug-likeness (QED) is 0.534. The molecule has 2 heterocycles. The average Bonchev–Trinajstić information content (AvgIpc) is 2.75. The molecule has 0 spiro atoms. The number of hydrogen-bond acceptors (Lipinski definition) is 6. The maximum Gasteiger partial charge on any atom is 0.240 e. The number of rotatable bonds is 9. The smallest absolute Gasteiger partial charge is 0.240 e. The molecule has 8 nitrogen and oxygen atoms in total. The van der Waals surface area contributed by atoms with Crippen LogP contribution in [0.5, 0.6) is 0 Å². The summed E-state index contributed by atoms with van der Waals surface area (Å²) in [6.07, 6.45) is 2.83. The van der Waals surface area contributed by atoms with E-state index in [-0.39, 0.29) is 29.9 Å². The van der Waals surface area contributed by atoms with Gasteiger partial charge in [-0.25, -0.2) is 13.1 Å². The Bertz CT molecular complexity index is 951. The number of nitrogens with zero attached hydrogens (tertiary/aromatic N) is 1. The highest BCUT2D eigenvalue weighted by molar-refractivity contribution is 7.89. The predicted octanol–water partition coefficient (Wildman–Crippen LogP) is 1.33. The minimum absolute atomic E-state index is 0.114. The Kier molecular flexibility index (Phi) is 8.14. The lowest BCUT2D eigenvalue weighted by Gasteiger charge is -2.36. The van der Waals surface area contributed by atoms with E-state index < -0.39 is 22.2 Å². The zero-order valence-electron chi connectivity index (χ0n) is 17.5. The van der Waals surface area contributed by atoms with Crippen molar-refractivity contribution in [1.82, 2.24) is 15.0 Å². The van der Waals surface area contributed by atoms with Crippen LogP contribution in [-0.4, -0.2) is 55.8 Å². The molecule has 0 bridgehead atoms. The Morgan fingerprint density at radius 1 is 1.19 bits per heavy atom. The molecule has 0 unspecified atom stereocenters. The van der Waals surface area contributed by atoms with Gasteiger partial charge in [-0.1, -0.05) is 23.8 Å². The maximum atomic E-state index is 12.7. The lowest BCUT2D eigenvalue weighted by atomic mass is 9.98. The average molecular weight is 448 g/mol. The fourth-order valence-corrected chi connectivity index (χ4v) is 4.86. The van der Waals surface area contributed by atoms with Crippen molar-refractivity contribution in [3.63, 3.8) is 0 Å². The van der Waals surface area contributed by atoms with Gasteiger partial charge in [0.1, 0.15) is 0 Å². The van der Waals surface area contributed by atoms with Gasteiger partial charge in [0.05, 0.1) is 36.2 Å². The molecular weight excluding hydrogens is 418 g/mol. The molecule has 3 rings (SSSR count). The Balaban J connectivity index is 1.46. The highest BCUT2D eigenvalue weighted by Crippen LogP contribution is 2.23. The van der Waals surface area contributed by atoms with E-state index in [1.807, 2.05) is 13.0 Å². The number of benzene rings is 1. The summed E-state index contributed by atoms with van der Waals surface area (Å²) in [5, 5.41) is 12.6. The fraction of sp³-hybridized carbons (Fsp3) is 0.455. The lowest BCUT2D eigenvalue weighted by Crippen LogP contribution is -2.51. The second kappa shape index (κ2) is 10.8. The third-order valence-corrected chi connectivity index (χ3v) is 6.80. The van der Waals surface area contributed by atoms with E-state index >= 15 is 0 Å². The number of hydrogen-bond donors (Lipinski definition) is 3. The van der Waals surface area contributed by atoms with Gasteiger partial charge in [-0.05, 0) is 50.5 Å². The minimum Gasteiger partial charge on any atom is -0.394 e. The number of aliphatic hydroxyl groups excluding tert-OH is 1. The molecule has 3 atom stereocenters. The second-order valence-electron chi connectivity index (χ2n) is 7.73. The molecule has 168 valence electrons. The summed E-state index contributed by atoms with van der Waals surface area (Å²) in [6.45, 7) is 2.04. The molecule has 9 heteroatoms. The summed E-state index contributed by atoms with van der Waals surface area (Å²) in [6, 6.07) is 11.5. The molecule has 31 heavy (non-hydrogen) atoms. The van der Waals surface area contributed by atoms with E-state index in [1.54, 1.807) is 42.6 Å². The highest BCUT2D eigenvalue weighted by Gasteiger charge is 2.33. The molecular formula is C22H29N3O5S. The Labute approximate surface area is 183 Å². The van der Waals surface area contributed by atoms with Crippen LogP contribution in [0.4, 0.5) is 0 Å². The van der Waals surface area contributed by atoms with Gasteiger partial charge < -0.3 is 15.2 Å². The number of nitrogens with one attached hydrogen (secondary N) is 2. The molecule has 2 aromatic rings. The standard InChI is InChI=1S/C22H29N3O5S/c1-16-5-8-19(9-6-16)31(28,29)25-20-10-7-18(30-21(20)15-26)11-13-24-22(27)14-17-4-2-3-12-23-17/h2-6,8-9,12,18,20-21,25-26H,7,10-11,13-15H2,1H3,(H,24,27)/t18-,20+,21-/m0/s1. The highest BCUT2D eigenvalue weighted by atomic mass is 32.2. The number of pyridine rings is 1. The number of carbonyl (C=O) groups excluding carboxylic acids is 1. The van der Waals surface area contributed by atoms with Gasteiger partial charge in [0.15, 0.2) is 0 Å². The molecule has 3 N–H and O–H groups in total. The summed E-state index contributed by atoms with van der Waals surface area (Å²) in [4.78, 5) is 16.3. The molecule has 0 radical (unpaired) electrons. The van der Waals surface area contributed by atoms with E-state index in [0.717, 1.165) is 5.56 Å². The van der Waals surface area contributed by atoms with E-state index in [9.17, 15) is 18.3 Å². The van der Waals surface area contributed by atoms with Crippen LogP contribution in [0.1, 0.15) is 30.5 Å². The molecule has 0 aliphatic carbocycles. The molecule has 1 aliphatic rings. The van der Waals surface area contributed by atoms with E-state index in [4.69, 9.17) is 4.74 Å². The summed E-state index contributed by atoms with van der Waals surface area (Å²) in [5.41, 5.74) is 1.68. The van der Waals surface area contributed by atoms with Crippen LogP contribution in [-0.2, 0) is 26.0 Å². The number of aryl methyl sites for hydroxylation is 1. The van der Waals surface area contributed by atoms with E-state index in [2.05, 4.69) is 15.0 Å². The zero-order valence-corrected chi connectivity index (χ0v) is 18.3.